The molecule has 6 nitrogen and oxygen atoms in total. The third-order valence-electron chi connectivity index (χ3n) is 3.85. The number of hydrogen-bond acceptors (Lipinski definition) is 5. The lowest BCUT2D eigenvalue weighted by Crippen LogP contribution is -2.45. The summed E-state index contributed by atoms with van der Waals surface area (Å²) < 4.78 is 0. The van der Waals surface area contributed by atoms with Gasteiger partial charge in [-0.1, -0.05) is 13.8 Å². The minimum Gasteiger partial charge on any atom is -0.508 e. The van der Waals surface area contributed by atoms with Crippen LogP contribution in [0.2, 0.25) is 0 Å². The van der Waals surface area contributed by atoms with Gasteiger partial charge in [0.25, 0.3) is 5.69 Å². The first-order valence-corrected chi connectivity index (χ1v) is 7.41. The third kappa shape index (κ3) is 3.92. The van der Waals surface area contributed by atoms with Crippen LogP contribution in [0.3, 0.4) is 0 Å². The van der Waals surface area contributed by atoms with E-state index >= 15 is 0 Å². The van der Waals surface area contributed by atoms with Crippen molar-refractivity contribution in [2.45, 2.75) is 26.3 Å². The van der Waals surface area contributed by atoms with Gasteiger partial charge < -0.3 is 10.4 Å². The highest BCUT2D eigenvalue weighted by Gasteiger charge is 2.29. The zero-order valence-corrected chi connectivity index (χ0v) is 12.6. The number of nitrogens with zero attached hydrogens (tertiary/aromatic N) is 2. The fraction of sp³-hybridized carbons (Fsp3) is 0.600. The fourth-order valence-corrected chi connectivity index (χ4v) is 2.89. The van der Waals surface area contributed by atoms with Gasteiger partial charge in [0.05, 0.1) is 10.5 Å². The minimum atomic E-state index is -0.357. The lowest BCUT2D eigenvalue weighted by Gasteiger charge is -2.36. The molecule has 0 bridgehead atoms. The molecule has 2 N–H and O–H groups in total. The van der Waals surface area contributed by atoms with Gasteiger partial charge >= 0.3 is 0 Å². The topological polar surface area (TPSA) is 78.6 Å². The summed E-state index contributed by atoms with van der Waals surface area (Å²) in [6.45, 7) is 7.74. The number of phenolic OH excluding ortho intramolecular Hbond substituents is 1. The molecule has 1 atom stereocenters. The van der Waals surface area contributed by atoms with Crippen molar-refractivity contribution in [3.05, 3.63) is 33.9 Å². The zero-order valence-electron chi connectivity index (χ0n) is 12.6. The lowest BCUT2D eigenvalue weighted by molar-refractivity contribution is -0.386. The van der Waals surface area contributed by atoms with Crippen molar-refractivity contribution >= 4 is 5.69 Å². The van der Waals surface area contributed by atoms with Crippen LogP contribution in [0, 0.1) is 16.0 Å². The quantitative estimate of drug-likeness (QED) is 0.643. The Morgan fingerprint density at radius 2 is 2.05 bits per heavy atom. The van der Waals surface area contributed by atoms with Gasteiger partial charge in [-0.05, 0) is 24.5 Å². The summed E-state index contributed by atoms with van der Waals surface area (Å²) in [6.07, 6.45) is 0.838. The summed E-state index contributed by atoms with van der Waals surface area (Å²) in [5.41, 5.74) is 0.715. The molecule has 2 rings (SSSR count). The Balaban J connectivity index is 2.39. The summed E-state index contributed by atoms with van der Waals surface area (Å²) in [7, 11) is 0. The van der Waals surface area contributed by atoms with Crippen LogP contribution < -0.4 is 5.32 Å². The molecule has 0 amide bonds. The summed E-state index contributed by atoms with van der Waals surface area (Å²) in [5.74, 6) is 0.506. The van der Waals surface area contributed by atoms with Crippen LogP contribution in [0.1, 0.15) is 31.9 Å². The normalized spacial score (nSPS) is 17.9. The first-order chi connectivity index (χ1) is 9.99. The predicted octanol–water partition coefficient (Wildman–Crippen LogP) is 2.29. The molecule has 1 aliphatic heterocycles. The van der Waals surface area contributed by atoms with E-state index in [9.17, 15) is 15.2 Å². The number of aromatic hydroxyl groups is 1. The largest absolute Gasteiger partial charge is 0.508 e. The van der Waals surface area contributed by atoms with Gasteiger partial charge in [0.1, 0.15) is 5.75 Å². The maximum Gasteiger partial charge on any atom is 0.274 e. The zero-order chi connectivity index (χ0) is 15.4. The monoisotopic (exact) mass is 293 g/mol. The molecule has 0 aliphatic carbocycles. The fourth-order valence-electron chi connectivity index (χ4n) is 2.89. The standard InChI is InChI=1S/C15H23N3O3/c1-11(2)9-15(17-7-5-16-6-8-17)13-10-12(19)3-4-14(13)18(20)21/h3-4,10-11,15-16,19H,5-9H2,1-2H3/t15-/m1/s1. The van der Waals surface area contributed by atoms with Gasteiger partial charge in [-0.15, -0.1) is 0 Å². The number of nitro groups is 1. The second kappa shape index (κ2) is 6.87. The van der Waals surface area contributed by atoms with E-state index in [0.717, 1.165) is 32.6 Å². The summed E-state index contributed by atoms with van der Waals surface area (Å²) in [6, 6.07) is 4.30. The number of nitrogens with one attached hydrogen (secondary N) is 1. The predicted molar refractivity (Wildman–Crippen MR) is 81.4 cm³/mol. The molecule has 0 radical (unpaired) electrons. The molecule has 0 aromatic heterocycles. The summed E-state index contributed by atoms with van der Waals surface area (Å²) in [5, 5.41) is 24.3. The Kier molecular flexibility index (Phi) is 5.14. The van der Waals surface area contributed by atoms with Gasteiger partial charge in [0, 0.05) is 38.3 Å². The smallest absolute Gasteiger partial charge is 0.274 e. The first-order valence-electron chi connectivity index (χ1n) is 7.41. The van der Waals surface area contributed by atoms with Crippen molar-refractivity contribution in [1.29, 1.82) is 0 Å². The number of rotatable bonds is 5. The molecular weight excluding hydrogens is 270 g/mol. The van der Waals surface area contributed by atoms with Crippen molar-refractivity contribution in [2.24, 2.45) is 5.92 Å². The van der Waals surface area contributed by atoms with Crippen LogP contribution in [0.4, 0.5) is 5.69 Å². The van der Waals surface area contributed by atoms with E-state index in [-0.39, 0.29) is 22.4 Å². The van der Waals surface area contributed by atoms with Crippen molar-refractivity contribution in [1.82, 2.24) is 10.2 Å². The van der Waals surface area contributed by atoms with E-state index in [1.54, 1.807) is 6.07 Å². The number of hydrogen-bond donors (Lipinski definition) is 2. The summed E-state index contributed by atoms with van der Waals surface area (Å²) >= 11 is 0. The number of piperazine rings is 1. The molecule has 1 fully saturated rings. The average Bonchev–Trinajstić information content (AvgIpc) is 2.45. The maximum atomic E-state index is 11.3. The number of phenols is 1. The van der Waals surface area contributed by atoms with E-state index < -0.39 is 0 Å². The molecule has 0 unspecified atom stereocenters. The third-order valence-corrected chi connectivity index (χ3v) is 3.85. The second-order valence-electron chi connectivity index (χ2n) is 5.93. The highest BCUT2D eigenvalue weighted by molar-refractivity contribution is 5.46. The van der Waals surface area contributed by atoms with E-state index in [4.69, 9.17) is 0 Å². The molecule has 21 heavy (non-hydrogen) atoms. The van der Waals surface area contributed by atoms with Gasteiger partial charge in [-0.2, -0.15) is 0 Å². The first kappa shape index (κ1) is 15.7. The van der Waals surface area contributed by atoms with Crippen LogP contribution in [-0.4, -0.2) is 41.1 Å². The SMILES string of the molecule is CC(C)C[C@H](c1cc(O)ccc1[N+](=O)[O-])N1CCNCC1. The second-order valence-corrected chi connectivity index (χ2v) is 5.93. The van der Waals surface area contributed by atoms with Crippen LogP contribution in [0.5, 0.6) is 5.75 Å². The van der Waals surface area contributed by atoms with E-state index in [1.165, 1.54) is 12.1 Å². The molecule has 0 spiro atoms. The molecule has 116 valence electrons. The van der Waals surface area contributed by atoms with E-state index in [2.05, 4.69) is 24.1 Å². The Morgan fingerprint density at radius 1 is 1.38 bits per heavy atom. The number of benzene rings is 1. The Labute approximate surface area is 124 Å². The minimum absolute atomic E-state index is 0.0281. The Bertz CT molecular complexity index is 499. The molecule has 1 saturated heterocycles. The molecule has 1 aromatic rings. The van der Waals surface area contributed by atoms with Crippen molar-refractivity contribution in [2.75, 3.05) is 26.2 Å². The van der Waals surface area contributed by atoms with E-state index in [1.807, 2.05) is 0 Å². The lowest BCUT2D eigenvalue weighted by atomic mass is 9.93. The highest BCUT2D eigenvalue weighted by atomic mass is 16.6. The number of nitro benzene ring substituents is 1. The van der Waals surface area contributed by atoms with Crippen LogP contribution in [0.15, 0.2) is 18.2 Å². The molecule has 1 aliphatic rings. The molecule has 6 heteroatoms. The Hall–Kier alpha value is -1.66. The molecular formula is C15H23N3O3. The van der Waals surface area contributed by atoms with Crippen LogP contribution in [-0.2, 0) is 0 Å². The van der Waals surface area contributed by atoms with Gasteiger partial charge in [0.2, 0.25) is 0 Å². The van der Waals surface area contributed by atoms with Gasteiger partial charge in [0.15, 0.2) is 0 Å². The molecule has 0 saturated carbocycles. The van der Waals surface area contributed by atoms with Gasteiger partial charge in [-0.25, -0.2) is 0 Å². The van der Waals surface area contributed by atoms with Crippen molar-refractivity contribution in [3.8, 4) is 5.75 Å². The maximum absolute atomic E-state index is 11.3. The van der Waals surface area contributed by atoms with Crippen LogP contribution in [0.25, 0.3) is 0 Å². The summed E-state index contributed by atoms with van der Waals surface area (Å²) in [4.78, 5) is 13.2. The van der Waals surface area contributed by atoms with Crippen molar-refractivity contribution < 1.29 is 10.0 Å². The average molecular weight is 293 g/mol. The molecule has 1 aromatic carbocycles. The highest BCUT2D eigenvalue weighted by Crippen LogP contribution is 2.36. The van der Waals surface area contributed by atoms with Crippen molar-refractivity contribution in [3.63, 3.8) is 0 Å². The van der Waals surface area contributed by atoms with Crippen LogP contribution >= 0.6 is 0 Å². The van der Waals surface area contributed by atoms with E-state index in [0.29, 0.717) is 11.5 Å². The Morgan fingerprint density at radius 3 is 2.62 bits per heavy atom. The molecule has 1 heterocycles. The van der Waals surface area contributed by atoms with Gasteiger partial charge in [-0.3, -0.25) is 15.0 Å².